The minimum atomic E-state index is -0.833. The number of nitrogens with two attached hydrogens (primary N) is 1. The van der Waals surface area contributed by atoms with Gasteiger partial charge in [-0.1, -0.05) is 18.2 Å². The molecular weight excluding hydrogens is 205 g/mol. The van der Waals surface area contributed by atoms with Gasteiger partial charge in [-0.25, -0.2) is 10.5 Å². The van der Waals surface area contributed by atoms with Crippen molar-refractivity contribution in [3.05, 3.63) is 36.6 Å². The predicted molar refractivity (Wildman–Crippen MR) is 52.0 cm³/mol. The third-order valence-corrected chi connectivity index (χ3v) is 1.36. The molecule has 5 nitrogen and oxygen atoms in total. The number of fused-ring (bicyclic) bond motifs is 1. The first-order valence-electron chi connectivity index (χ1n) is 3.53. The van der Waals surface area contributed by atoms with Crippen molar-refractivity contribution in [1.29, 1.82) is 0 Å². The van der Waals surface area contributed by atoms with Gasteiger partial charge in [0.05, 0.1) is 6.26 Å². The van der Waals surface area contributed by atoms with Gasteiger partial charge in [-0.05, 0) is 12.1 Å². The van der Waals surface area contributed by atoms with Gasteiger partial charge in [-0.2, -0.15) is 0 Å². The van der Waals surface area contributed by atoms with E-state index in [1.54, 1.807) is 6.26 Å². The lowest BCUT2D eigenvalue weighted by Gasteiger charge is -1.81. The van der Waals surface area contributed by atoms with E-state index < -0.39 is 8.69 Å². The fraction of sp³-hybridized carbons (Fsp3) is 0. The third-order valence-electron chi connectivity index (χ3n) is 1.36. The Labute approximate surface area is 82.0 Å². The van der Waals surface area contributed by atoms with Crippen LogP contribution in [0.4, 0.5) is 0 Å². The fourth-order valence-electron chi connectivity index (χ4n) is 0.906. The van der Waals surface area contributed by atoms with Crippen LogP contribution in [0.2, 0.25) is 0 Å². The Balaban J connectivity index is 0.000000294. The molecule has 6 heteroatoms. The van der Waals surface area contributed by atoms with Crippen molar-refractivity contribution in [1.82, 2.24) is 0 Å². The van der Waals surface area contributed by atoms with Crippen LogP contribution in [-0.2, 0) is 4.57 Å². The normalized spacial score (nSPS) is 8.50. The van der Waals surface area contributed by atoms with Crippen molar-refractivity contribution in [2.24, 2.45) is 5.90 Å². The summed E-state index contributed by atoms with van der Waals surface area (Å²) in [4.78, 5) is 6.99. The summed E-state index contributed by atoms with van der Waals surface area (Å²) in [7, 11) is -0.833. The van der Waals surface area contributed by atoms with Crippen LogP contribution in [-0.4, -0.2) is 10.1 Å². The first kappa shape index (κ1) is 12.7. The molecule has 0 bridgehead atoms. The van der Waals surface area contributed by atoms with E-state index in [0.29, 0.717) is 0 Å². The molecule has 0 saturated heterocycles. The van der Waals surface area contributed by atoms with E-state index in [4.69, 9.17) is 19.1 Å². The predicted octanol–water partition coefficient (Wildman–Crippen LogP) is 1.95. The fourth-order valence-corrected chi connectivity index (χ4v) is 0.906. The Morgan fingerprint density at radius 1 is 1.21 bits per heavy atom. The third kappa shape index (κ3) is 4.11. The van der Waals surface area contributed by atoms with Gasteiger partial charge in [-0.15, -0.1) is 0 Å². The number of rotatable bonds is 0. The van der Waals surface area contributed by atoms with Crippen molar-refractivity contribution in [2.45, 2.75) is 0 Å². The van der Waals surface area contributed by atoms with Gasteiger partial charge < -0.3 is 14.5 Å². The molecule has 0 aliphatic heterocycles. The molecule has 4 N–H and O–H groups in total. The molecule has 1 aromatic heterocycles. The van der Waals surface area contributed by atoms with E-state index >= 15 is 0 Å². The molecule has 0 radical (unpaired) electrons. The van der Waals surface area contributed by atoms with E-state index in [-0.39, 0.29) is 0 Å². The van der Waals surface area contributed by atoms with Crippen molar-refractivity contribution < 1.29 is 19.1 Å². The van der Waals surface area contributed by atoms with Gasteiger partial charge in [0.25, 0.3) is 0 Å². The maximum Gasteiger partial charge on any atom is 0.324 e. The van der Waals surface area contributed by atoms with E-state index in [1.807, 2.05) is 30.3 Å². The van der Waals surface area contributed by atoms with Gasteiger partial charge in [0, 0.05) is 5.39 Å². The molecule has 0 amide bonds. The lowest BCUT2D eigenvalue weighted by atomic mass is 10.3. The zero-order valence-electron chi connectivity index (χ0n) is 7.20. The van der Waals surface area contributed by atoms with Crippen LogP contribution in [0.25, 0.3) is 11.0 Å². The SMILES string of the molecule is NO.O=PO.c1ccc2occc2c1. The van der Waals surface area contributed by atoms with E-state index in [1.165, 1.54) is 0 Å². The minimum Gasteiger partial charge on any atom is -0.464 e. The van der Waals surface area contributed by atoms with Crippen molar-refractivity contribution >= 4 is 19.7 Å². The van der Waals surface area contributed by atoms with Crippen LogP contribution >= 0.6 is 8.69 Å². The van der Waals surface area contributed by atoms with E-state index in [2.05, 4.69) is 5.90 Å². The smallest absolute Gasteiger partial charge is 0.324 e. The number of hydrogen-bond donors (Lipinski definition) is 3. The summed E-state index contributed by atoms with van der Waals surface area (Å²) in [6, 6.07) is 9.90. The number of benzene rings is 1. The average Bonchev–Trinajstić information content (AvgIpc) is 2.69. The number of hydrogen-bond acceptors (Lipinski definition) is 4. The van der Waals surface area contributed by atoms with Crippen LogP contribution in [0, 0.1) is 0 Å². The molecule has 0 unspecified atom stereocenters. The highest BCUT2D eigenvalue weighted by atomic mass is 31.1. The molecular formula is C8H10NO4P. The Morgan fingerprint density at radius 2 is 1.79 bits per heavy atom. The molecule has 1 aromatic carbocycles. The second-order valence-electron chi connectivity index (χ2n) is 2.04. The van der Waals surface area contributed by atoms with Crippen LogP contribution in [0.3, 0.4) is 0 Å². The van der Waals surface area contributed by atoms with Crippen LogP contribution in [0.1, 0.15) is 0 Å². The van der Waals surface area contributed by atoms with E-state index in [9.17, 15) is 0 Å². The molecule has 0 aliphatic rings. The summed E-state index contributed by atoms with van der Waals surface area (Å²) in [6.45, 7) is 0. The molecule has 2 aromatic rings. The highest BCUT2D eigenvalue weighted by Gasteiger charge is 1.89. The maximum absolute atomic E-state index is 8.46. The summed E-state index contributed by atoms with van der Waals surface area (Å²) >= 11 is 0. The van der Waals surface area contributed by atoms with Gasteiger partial charge in [-0.3, -0.25) is 0 Å². The summed E-state index contributed by atoms with van der Waals surface area (Å²) < 4.78 is 13.6. The Hall–Kier alpha value is -1.26. The zero-order valence-corrected chi connectivity index (χ0v) is 8.09. The molecule has 0 atom stereocenters. The quantitative estimate of drug-likeness (QED) is 0.461. The molecule has 0 saturated carbocycles. The minimum absolute atomic E-state index is 0.833. The largest absolute Gasteiger partial charge is 0.464 e. The lowest BCUT2D eigenvalue weighted by molar-refractivity contribution is 0.311. The monoisotopic (exact) mass is 215 g/mol. The van der Waals surface area contributed by atoms with Crippen LogP contribution in [0.5, 0.6) is 0 Å². The number of furan rings is 1. The molecule has 0 fully saturated rings. The maximum atomic E-state index is 8.46. The van der Waals surface area contributed by atoms with Crippen LogP contribution < -0.4 is 5.90 Å². The first-order chi connectivity index (χ1) is 6.88. The van der Waals surface area contributed by atoms with Gasteiger partial charge in [0.1, 0.15) is 5.58 Å². The Morgan fingerprint density at radius 3 is 2.36 bits per heavy atom. The van der Waals surface area contributed by atoms with Crippen molar-refractivity contribution in [3.8, 4) is 0 Å². The summed E-state index contributed by atoms with van der Waals surface area (Å²) in [5, 5.41) is 7.66. The molecule has 1 heterocycles. The second-order valence-corrected chi connectivity index (χ2v) is 2.20. The molecule has 2 rings (SSSR count). The zero-order chi connectivity index (χ0) is 10.8. The number of para-hydroxylation sites is 1. The summed E-state index contributed by atoms with van der Waals surface area (Å²) in [6.07, 6.45) is 1.70. The standard InChI is InChI=1S/C8H6O.H3NO.HO2P/c1-2-4-8-7(3-1)5-6-9-8;1-2;1-3-2/h1-6H;2H,1H2;(H,1,2). The van der Waals surface area contributed by atoms with Gasteiger partial charge in [0.2, 0.25) is 0 Å². The van der Waals surface area contributed by atoms with Gasteiger partial charge in [0.15, 0.2) is 0 Å². The molecule has 76 valence electrons. The Kier molecular flexibility index (Phi) is 7.59. The van der Waals surface area contributed by atoms with E-state index in [0.717, 1.165) is 11.0 Å². The Bertz CT molecular complexity index is 333. The second kappa shape index (κ2) is 8.34. The average molecular weight is 215 g/mol. The molecule has 0 aliphatic carbocycles. The lowest BCUT2D eigenvalue weighted by Crippen LogP contribution is -1.72. The molecule has 0 spiro atoms. The first-order valence-corrected chi connectivity index (χ1v) is 4.30. The highest BCUT2D eigenvalue weighted by molar-refractivity contribution is 7.16. The highest BCUT2D eigenvalue weighted by Crippen LogP contribution is 2.12. The summed E-state index contributed by atoms with van der Waals surface area (Å²) in [5.74, 6) is 3.50. The van der Waals surface area contributed by atoms with Crippen molar-refractivity contribution in [3.63, 3.8) is 0 Å². The van der Waals surface area contributed by atoms with Gasteiger partial charge >= 0.3 is 8.69 Å². The molecule has 14 heavy (non-hydrogen) atoms. The summed E-state index contributed by atoms with van der Waals surface area (Å²) in [5.41, 5.74) is 0.956. The topological polar surface area (TPSA) is 96.7 Å². The van der Waals surface area contributed by atoms with Crippen LogP contribution in [0.15, 0.2) is 41.0 Å². The van der Waals surface area contributed by atoms with Crippen molar-refractivity contribution in [2.75, 3.05) is 0 Å².